The van der Waals surface area contributed by atoms with Gasteiger partial charge in [0.05, 0.1) is 18.8 Å². The van der Waals surface area contributed by atoms with Gasteiger partial charge in [-0.05, 0) is 19.3 Å². The maximum absolute atomic E-state index is 12.1. The summed E-state index contributed by atoms with van der Waals surface area (Å²) in [5, 5.41) is 22.7. The molecule has 4 nitrogen and oxygen atoms in total. The number of aliphatic hydroxyl groups is 2. The largest absolute Gasteiger partial charge is 0.394 e. The van der Waals surface area contributed by atoms with Crippen LogP contribution in [0.15, 0.2) is 12.2 Å². The van der Waals surface area contributed by atoms with Crippen molar-refractivity contribution >= 4 is 5.91 Å². The average molecular weight is 524 g/mol. The number of hydrogen-bond acceptors (Lipinski definition) is 3. The fourth-order valence-corrected chi connectivity index (χ4v) is 4.94. The van der Waals surface area contributed by atoms with Crippen LogP contribution in [0.4, 0.5) is 0 Å². The minimum absolute atomic E-state index is 0.0739. The molecule has 0 fully saturated rings. The van der Waals surface area contributed by atoms with Crippen molar-refractivity contribution in [2.45, 2.75) is 187 Å². The third-order valence-corrected chi connectivity index (χ3v) is 7.52. The lowest BCUT2D eigenvalue weighted by molar-refractivity contribution is -0.123. The topological polar surface area (TPSA) is 69.6 Å². The van der Waals surface area contributed by atoms with Crippen LogP contribution in [0, 0.1) is 0 Å². The van der Waals surface area contributed by atoms with Crippen LogP contribution < -0.4 is 5.32 Å². The minimum Gasteiger partial charge on any atom is -0.394 e. The summed E-state index contributed by atoms with van der Waals surface area (Å²) in [7, 11) is 0. The lowest BCUT2D eigenvalue weighted by Gasteiger charge is -2.20. The Hall–Kier alpha value is -0.870. The highest BCUT2D eigenvalue weighted by Gasteiger charge is 2.17. The van der Waals surface area contributed by atoms with E-state index in [2.05, 4.69) is 19.2 Å². The highest BCUT2D eigenvalue weighted by molar-refractivity contribution is 5.76. The predicted molar refractivity (Wildman–Crippen MR) is 161 cm³/mol. The maximum Gasteiger partial charge on any atom is 0.220 e. The molecule has 0 radical (unpaired) electrons. The molecule has 2 atom stereocenters. The Bertz CT molecular complexity index is 494. The Morgan fingerprint density at radius 2 is 1.00 bits per heavy atom. The lowest BCUT2D eigenvalue weighted by Crippen LogP contribution is -2.45. The van der Waals surface area contributed by atoms with E-state index in [-0.39, 0.29) is 12.5 Å². The van der Waals surface area contributed by atoms with E-state index >= 15 is 0 Å². The first-order valence-corrected chi connectivity index (χ1v) is 16.4. The molecule has 0 aromatic carbocycles. The number of carbonyl (C=O) groups excluding carboxylic acids is 1. The minimum atomic E-state index is -0.829. The van der Waals surface area contributed by atoms with E-state index in [1.165, 1.54) is 128 Å². The van der Waals surface area contributed by atoms with E-state index < -0.39 is 12.1 Å². The van der Waals surface area contributed by atoms with Crippen LogP contribution in [0.5, 0.6) is 0 Å². The molecule has 220 valence electrons. The summed E-state index contributed by atoms with van der Waals surface area (Å²) in [5.74, 6) is -0.0739. The number of amides is 1. The molecular weight excluding hydrogens is 458 g/mol. The van der Waals surface area contributed by atoms with Gasteiger partial charge in [-0.15, -0.1) is 0 Å². The van der Waals surface area contributed by atoms with E-state index in [9.17, 15) is 15.0 Å². The van der Waals surface area contributed by atoms with Crippen molar-refractivity contribution in [2.24, 2.45) is 0 Å². The fraction of sp³-hybridized carbons (Fsp3) is 0.909. The van der Waals surface area contributed by atoms with E-state index in [1.807, 2.05) is 6.08 Å². The van der Waals surface area contributed by atoms with Gasteiger partial charge in [0.25, 0.3) is 0 Å². The molecule has 0 rings (SSSR count). The van der Waals surface area contributed by atoms with Crippen LogP contribution in [-0.2, 0) is 4.79 Å². The number of aliphatic hydroxyl groups excluding tert-OH is 2. The van der Waals surface area contributed by atoms with E-state index in [0.717, 1.165) is 25.7 Å². The molecule has 0 heterocycles. The van der Waals surface area contributed by atoms with E-state index in [4.69, 9.17) is 0 Å². The summed E-state index contributed by atoms with van der Waals surface area (Å²) in [6, 6.07) is -0.612. The summed E-state index contributed by atoms with van der Waals surface area (Å²) >= 11 is 0. The van der Waals surface area contributed by atoms with Crippen molar-refractivity contribution in [3.63, 3.8) is 0 Å². The fourth-order valence-electron chi connectivity index (χ4n) is 4.94. The summed E-state index contributed by atoms with van der Waals surface area (Å²) in [4.78, 5) is 12.1. The number of allylic oxidation sites excluding steroid dienone is 1. The highest BCUT2D eigenvalue weighted by atomic mass is 16.3. The number of carbonyl (C=O) groups is 1. The first-order valence-electron chi connectivity index (χ1n) is 16.4. The molecule has 4 heteroatoms. The maximum atomic E-state index is 12.1. The molecule has 0 bridgehead atoms. The number of unbranched alkanes of at least 4 members (excludes halogenated alkanes) is 22. The van der Waals surface area contributed by atoms with Crippen molar-refractivity contribution in [1.29, 1.82) is 0 Å². The second-order valence-corrected chi connectivity index (χ2v) is 11.2. The molecule has 37 heavy (non-hydrogen) atoms. The molecule has 0 aromatic rings. The van der Waals surface area contributed by atoms with Gasteiger partial charge in [0.15, 0.2) is 0 Å². The van der Waals surface area contributed by atoms with Crippen molar-refractivity contribution < 1.29 is 15.0 Å². The zero-order chi connectivity index (χ0) is 27.2. The number of nitrogens with one attached hydrogen (secondary N) is 1. The van der Waals surface area contributed by atoms with Crippen molar-refractivity contribution in [1.82, 2.24) is 5.32 Å². The Morgan fingerprint density at radius 1 is 0.622 bits per heavy atom. The van der Waals surface area contributed by atoms with Crippen molar-refractivity contribution in [2.75, 3.05) is 6.61 Å². The van der Waals surface area contributed by atoms with Gasteiger partial charge < -0.3 is 15.5 Å². The van der Waals surface area contributed by atoms with E-state index in [1.54, 1.807) is 6.08 Å². The Kier molecular flexibility index (Phi) is 29.0. The molecule has 0 aromatic heterocycles. The van der Waals surface area contributed by atoms with Gasteiger partial charge in [-0.25, -0.2) is 0 Å². The quantitative estimate of drug-likeness (QED) is 0.0676. The monoisotopic (exact) mass is 523 g/mol. The number of hydrogen-bond donors (Lipinski definition) is 3. The molecule has 0 aliphatic heterocycles. The summed E-state index contributed by atoms with van der Waals surface area (Å²) in [5.41, 5.74) is 0. The Morgan fingerprint density at radius 3 is 1.41 bits per heavy atom. The van der Waals surface area contributed by atoms with Gasteiger partial charge in [0.2, 0.25) is 5.91 Å². The first kappa shape index (κ1) is 36.1. The van der Waals surface area contributed by atoms with Crippen LogP contribution in [0.1, 0.15) is 174 Å². The predicted octanol–water partition coefficient (Wildman–Crippen LogP) is 9.17. The third-order valence-electron chi connectivity index (χ3n) is 7.52. The first-order chi connectivity index (χ1) is 18.2. The zero-order valence-corrected chi connectivity index (χ0v) is 25.0. The van der Waals surface area contributed by atoms with Gasteiger partial charge in [-0.2, -0.15) is 0 Å². The van der Waals surface area contributed by atoms with Gasteiger partial charge in [0, 0.05) is 6.42 Å². The third kappa shape index (κ3) is 26.5. The lowest BCUT2D eigenvalue weighted by atomic mass is 10.0. The van der Waals surface area contributed by atoms with Gasteiger partial charge in [-0.1, -0.05) is 161 Å². The molecule has 0 spiro atoms. The second kappa shape index (κ2) is 29.7. The van der Waals surface area contributed by atoms with Crippen molar-refractivity contribution in [3.05, 3.63) is 12.2 Å². The SMILES string of the molecule is CCCCCCCCCCCCCCCCCCC/C=C/C(O)C(CO)NC(=O)CCCCCCCC. The molecule has 3 N–H and O–H groups in total. The van der Waals surface area contributed by atoms with Crippen molar-refractivity contribution in [3.8, 4) is 0 Å². The van der Waals surface area contributed by atoms with Crippen LogP contribution in [0.2, 0.25) is 0 Å². The summed E-state index contributed by atoms with van der Waals surface area (Å²) in [6.45, 7) is 4.24. The Balaban J connectivity index is 3.54. The van der Waals surface area contributed by atoms with Gasteiger partial charge in [-0.3, -0.25) is 4.79 Å². The molecule has 0 saturated carbocycles. The standard InChI is InChI=1S/C33H65NO3/c1-3-5-7-9-11-12-13-14-15-16-17-18-19-20-21-22-23-24-26-28-32(36)31(30-35)34-33(37)29-27-25-10-8-6-4-2/h26,28,31-32,35-36H,3-25,27,29-30H2,1-2H3,(H,34,37)/b28-26+. The summed E-state index contributed by atoms with van der Waals surface area (Å²) < 4.78 is 0. The smallest absolute Gasteiger partial charge is 0.220 e. The molecule has 0 aliphatic rings. The molecule has 0 aliphatic carbocycles. The molecule has 1 amide bonds. The van der Waals surface area contributed by atoms with E-state index in [0.29, 0.717) is 6.42 Å². The van der Waals surface area contributed by atoms with Crippen LogP contribution in [0.3, 0.4) is 0 Å². The molecule has 2 unspecified atom stereocenters. The normalized spacial score (nSPS) is 13.3. The highest BCUT2D eigenvalue weighted by Crippen LogP contribution is 2.14. The Labute approximate surface area is 231 Å². The average Bonchev–Trinajstić information content (AvgIpc) is 2.90. The van der Waals surface area contributed by atoms with Gasteiger partial charge >= 0.3 is 0 Å². The van der Waals surface area contributed by atoms with Gasteiger partial charge in [0.1, 0.15) is 0 Å². The zero-order valence-electron chi connectivity index (χ0n) is 25.0. The number of rotatable bonds is 29. The van der Waals surface area contributed by atoms with Crippen LogP contribution >= 0.6 is 0 Å². The second-order valence-electron chi connectivity index (χ2n) is 11.2. The molecular formula is C33H65NO3. The van der Waals surface area contributed by atoms with Crippen LogP contribution in [-0.4, -0.2) is 34.9 Å². The van der Waals surface area contributed by atoms with Crippen LogP contribution in [0.25, 0.3) is 0 Å². The summed E-state index contributed by atoms with van der Waals surface area (Å²) in [6.07, 6.45) is 34.5. The molecule has 0 saturated heterocycles.